The molecule has 0 radical (unpaired) electrons. The van der Waals surface area contributed by atoms with Gasteiger partial charge in [-0.15, -0.1) is 0 Å². The van der Waals surface area contributed by atoms with E-state index in [2.05, 4.69) is 0 Å². The number of rotatable bonds is 4. The Morgan fingerprint density at radius 3 is 2.79 bits per heavy atom. The third-order valence-corrected chi connectivity index (χ3v) is 3.20. The minimum absolute atomic E-state index is 0.0248. The highest BCUT2D eigenvalue weighted by atomic mass is 16.5. The molecule has 0 aliphatic carbocycles. The fraction of sp³-hybridized carbons (Fsp3) is 0.357. The molecule has 1 heterocycles. The van der Waals surface area contributed by atoms with Gasteiger partial charge in [0.05, 0.1) is 6.04 Å². The number of nitrogens with zero attached hydrogens (tertiary/aromatic N) is 1. The van der Waals surface area contributed by atoms with Crippen molar-refractivity contribution in [2.24, 2.45) is 11.6 Å². The van der Waals surface area contributed by atoms with Crippen LogP contribution in [0.4, 0.5) is 0 Å². The van der Waals surface area contributed by atoms with Crippen molar-refractivity contribution < 1.29 is 9.53 Å². The molecule has 0 bridgehead atoms. The van der Waals surface area contributed by atoms with Gasteiger partial charge in [-0.05, 0) is 12.0 Å². The molecule has 1 aliphatic rings. The number of hydrogen-bond acceptors (Lipinski definition) is 5. The second-order valence-corrected chi connectivity index (χ2v) is 4.63. The summed E-state index contributed by atoms with van der Waals surface area (Å²) in [5.74, 6) is 5.39. The van der Waals surface area contributed by atoms with Crippen LogP contribution in [-0.4, -0.2) is 29.6 Å². The lowest BCUT2D eigenvalue weighted by molar-refractivity contribution is -0.139. The van der Waals surface area contributed by atoms with E-state index in [1.807, 2.05) is 30.3 Å². The molecular formula is C14H19N3O2. The number of hydrazine groups is 1. The summed E-state index contributed by atoms with van der Waals surface area (Å²) in [6.07, 6.45) is 3.95. The second-order valence-electron chi connectivity index (χ2n) is 4.63. The first-order chi connectivity index (χ1) is 9.16. The maximum atomic E-state index is 11.6. The maximum absolute atomic E-state index is 11.6. The van der Waals surface area contributed by atoms with Gasteiger partial charge in [0.15, 0.2) is 0 Å². The van der Waals surface area contributed by atoms with E-state index in [9.17, 15) is 4.79 Å². The van der Waals surface area contributed by atoms with Crippen LogP contribution in [0.2, 0.25) is 0 Å². The Morgan fingerprint density at radius 1 is 1.42 bits per heavy atom. The average Bonchev–Trinajstić information content (AvgIpc) is 2.75. The first-order valence-corrected chi connectivity index (χ1v) is 6.32. The fourth-order valence-corrected chi connectivity index (χ4v) is 2.07. The fourth-order valence-electron chi connectivity index (χ4n) is 2.07. The van der Waals surface area contributed by atoms with E-state index in [-0.39, 0.29) is 24.7 Å². The van der Waals surface area contributed by atoms with Crippen molar-refractivity contribution >= 4 is 5.97 Å². The van der Waals surface area contributed by atoms with Crippen LogP contribution in [0.15, 0.2) is 42.5 Å². The summed E-state index contributed by atoms with van der Waals surface area (Å²) in [6, 6.07) is 9.43. The summed E-state index contributed by atoms with van der Waals surface area (Å²) >= 11 is 0. The van der Waals surface area contributed by atoms with Gasteiger partial charge in [-0.2, -0.15) is 0 Å². The maximum Gasteiger partial charge on any atom is 0.330 e. The highest BCUT2D eigenvalue weighted by Gasteiger charge is 2.27. The van der Waals surface area contributed by atoms with E-state index in [1.54, 1.807) is 11.1 Å². The van der Waals surface area contributed by atoms with E-state index in [4.69, 9.17) is 16.3 Å². The smallest absolute Gasteiger partial charge is 0.330 e. The van der Waals surface area contributed by atoms with Crippen molar-refractivity contribution in [3.63, 3.8) is 0 Å². The van der Waals surface area contributed by atoms with Crippen molar-refractivity contribution in [1.29, 1.82) is 0 Å². The lowest BCUT2D eigenvalue weighted by Crippen LogP contribution is -2.41. The van der Waals surface area contributed by atoms with Crippen LogP contribution in [0, 0.1) is 0 Å². The van der Waals surface area contributed by atoms with Crippen LogP contribution in [0.25, 0.3) is 0 Å². The number of carbonyl (C=O) groups is 1. The Bertz CT molecular complexity index is 437. The first-order valence-electron chi connectivity index (χ1n) is 6.32. The Balaban J connectivity index is 1.81. The molecule has 1 aliphatic heterocycles. The van der Waals surface area contributed by atoms with Crippen molar-refractivity contribution in [3.05, 3.63) is 48.0 Å². The zero-order valence-electron chi connectivity index (χ0n) is 10.7. The normalized spacial score (nSPS) is 23.9. The predicted octanol–water partition coefficient (Wildman–Crippen LogP) is 0.561. The minimum Gasteiger partial charge on any atom is -0.458 e. The number of ether oxygens (including phenoxy) is 1. The number of hydrogen-bond donors (Lipinski definition) is 2. The molecule has 1 aromatic carbocycles. The molecule has 102 valence electrons. The lowest BCUT2D eigenvalue weighted by atomic mass is 10.1. The summed E-state index contributed by atoms with van der Waals surface area (Å²) in [5, 5.41) is 1.64. The van der Waals surface area contributed by atoms with Crippen molar-refractivity contribution in [3.8, 4) is 0 Å². The van der Waals surface area contributed by atoms with Gasteiger partial charge in [-0.25, -0.2) is 9.80 Å². The van der Waals surface area contributed by atoms with Crippen molar-refractivity contribution in [2.75, 3.05) is 6.54 Å². The molecule has 4 N–H and O–H groups in total. The summed E-state index contributed by atoms with van der Waals surface area (Å²) in [5.41, 5.74) is 6.86. The quantitative estimate of drug-likeness (QED) is 0.470. The van der Waals surface area contributed by atoms with Crippen LogP contribution in [-0.2, 0) is 16.1 Å². The van der Waals surface area contributed by atoms with Gasteiger partial charge in [-0.3, -0.25) is 5.84 Å². The van der Waals surface area contributed by atoms with Crippen LogP contribution >= 0.6 is 0 Å². The molecule has 2 unspecified atom stereocenters. The van der Waals surface area contributed by atoms with Crippen LogP contribution in [0.3, 0.4) is 0 Å². The Labute approximate surface area is 112 Å². The van der Waals surface area contributed by atoms with E-state index >= 15 is 0 Å². The molecule has 5 nitrogen and oxygen atoms in total. The number of benzene rings is 1. The van der Waals surface area contributed by atoms with Crippen LogP contribution in [0.1, 0.15) is 12.0 Å². The topological polar surface area (TPSA) is 81.6 Å². The van der Waals surface area contributed by atoms with Gasteiger partial charge in [-0.1, -0.05) is 36.4 Å². The van der Waals surface area contributed by atoms with Crippen molar-refractivity contribution in [1.82, 2.24) is 5.01 Å². The molecule has 1 saturated heterocycles. The van der Waals surface area contributed by atoms with Gasteiger partial charge >= 0.3 is 5.97 Å². The molecule has 0 spiro atoms. The highest BCUT2D eigenvalue weighted by molar-refractivity contribution is 5.82. The summed E-state index contributed by atoms with van der Waals surface area (Å²) in [4.78, 5) is 11.6. The number of carbonyl (C=O) groups excluding carboxylic acids is 1. The number of nitrogens with two attached hydrogens (primary N) is 2. The highest BCUT2D eigenvalue weighted by Crippen LogP contribution is 2.13. The molecule has 1 fully saturated rings. The Hall–Kier alpha value is -1.69. The first kappa shape index (κ1) is 13.7. The molecular weight excluding hydrogens is 242 g/mol. The minimum atomic E-state index is -0.378. The SMILES string of the molecule is NC1CCN(N)C1/C=C/C(=O)OCc1ccccc1. The molecule has 0 aromatic heterocycles. The largest absolute Gasteiger partial charge is 0.458 e. The Kier molecular flexibility index (Phi) is 4.68. The van der Waals surface area contributed by atoms with E-state index in [0.29, 0.717) is 0 Å². The predicted molar refractivity (Wildman–Crippen MR) is 72.7 cm³/mol. The van der Waals surface area contributed by atoms with E-state index in [0.717, 1.165) is 18.5 Å². The van der Waals surface area contributed by atoms with Gasteiger partial charge in [0.2, 0.25) is 0 Å². The second kappa shape index (κ2) is 6.47. The molecule has 2 atom stereocenters. The van der Waals surface area contributed by atoms with Gasteiger partial charge in [0, 0.05) is 18.7 Å². The van der Waals surface area contributed by atoms with Crippen LogP contribution in [0.5, 0.6) is 0 Å². The molecule has 2 rings (SSSR count). The van der Waals surface area contributed by atoms with Gasteiger partial charge in [0.1, 0.15) is 6.61 Å². The standard InChI is InChI=1S/C14H19N3O2/c15-12-8-9-17(16)13(12)6-7-14(18)19-10-11-4-2-1-3-5-11/h1-7,12-13H,8-10,15-16H2/b7-6+. The number of esters is 1. The zero-order valence-corrected chi connectivity index (χ0v) is 10.7. The van der Waals surface area contributed by atoms with Gasteiger partial charge in [0.25, 0.3) is 0 Å². The third-order valence-electron chi connectivity index (χ3n) is 3.20. The monoisotopic (exact) mass is 261 g/mol. The molecule has 0 saturated carbocycles. The Morgan fingerprint density at radius 2 is 2.16 bits per heavy atom. The molecule has 5 heteroatoms. The summed E-state index contributed by atoms with van der Waals surface area (Å²) < 4.78 is 5.13. The van der Waals surface area contributed by atoms with Crippen LogP contribution < -0.4 is 11.6 Å². The van der Waals surface area contributed by atoms with Crippen molar-refractivity contribution in [2.45, 2.75) is 25.1 Å². The van der Waals surface area contributed by atoms with E-state index in [1.165, 1.54) is 6.08 Å². The zero-order chi connectivity index (χ0) is 13.7. The van der Waals surface area contributed by atoms with E-state index < -0.39 is 0 Å². The average molecular weight is 261 g/mol. The summed E-state index contributed by atoms with van der Waals surface area (Å²) in [7, 11) is 0. The summed E-state index contributed by atoms with van der Waals surface area (Å²) in [6.45, 7) is 1.02. The van der Waals surface area contributed by atoms with Gasteiger partial charge < -0.3 is 10.5 Å². The third kappa shape index (κ3) is 3.89. The molecule has 1 aromatic rings. The molecule has 0 amide bonds. The molecule has 19 heavy (non-hydrogen) atoms. The lowest BCUT2D eigenvalue weighted by Gasteiger charge is -2.17.